The first-order chi connectivity index (χ1) is 16.6. The highest BCUT2D eigenvalue weighted by Gasteiger charge is 2.48. The van der Waals surface area contributed by atoms with E-state index in [-0.39, 0.29) is 24.6 Å². The maximum Gasteiger partial charge on any atom is 0.338 e. The van der Waals surface area contributed by atoms with Gasteiger partial charge in [-0.25, -0.2) is 4.79 Å². The highest BCUT2D eigenvalue weighted by Crippen LogP contribution is 2.40. The molecule has 0 radical (unpaired) electrons. The van der Waals surface area contributed by atoms with E-state index in [2.05, 4.69) is 0 Å². The maximum absolute atomic E-state index is 12.6. The van der Waals surface area contributed by atoms with Crippen LogP contribution >= 0.6 is 11.6 Å². The molecule has 0 N–H and O–H groups in total. The Kier molecular flexibility index (Phi) is 7.10. The Bertz CT molecular complexity index is 1280. The minimum Gasteiger partial charge on any atom is -0.492 e. The summed E-state index contributed by atoms with van der Waals surface area (Å²) in [6.07, 6.45) is 2.17. The Morgan fingerprint density at radius 1 is 1.11 bits per heavy atom. The molecule has 186 valence electrons. The molecule has 0 unspecified atom stereocenters. The van der Waals surface area contributed by atoms with Crippen LogP contribution in [-0.2, 0) is 14.3 Å². The molecular weight excluding hydrogens is 472 g/mol. The number of carbonyl (C=O) groups is 1. The Morgan fingerprint density at radius 2 is 1.86 bits per heavy atom. The minimum atomic E-state index is -0.906. The second-order valence-electron chi connectivity index (χ2n) is 9.48. The van der Waals surface area contributed by atoms with E-state index in [0.717, 1.165) is 6.42 Å². The molecule has 1 heterocycles. The van der Waals surface area contributed by atoms with Crippen LogP contribution < -0.4 is 14.9 Å². The van der Waals surface area contributed by atoms with Crippen molar-refractivity contribution >= 4 is 28.5 Å². The molecule has 1 aliphatic rings. The van der Waals surface area contributed by atoms with Gasteiger partial charge in [-0.3, -0.25) is 4.79 Å². The zero-order chi connectivity index (χ0) is 25.2. The lowest BCUT2D eigenvalue weighted by molar-refractivity contribution is -0.197. The van der Waals surface area contributed by atoms with E-state index in [4.69, 9.17) is 35.0 Å². The number of hydrogen-bond acceptors (Lipinski definition) is 7. The van der Waals surface area contributed by atoms with E-state index in [1.807, 2.05) is 20.8 Å². The van der Waals surface area contributed by atoms with Gasteiger partial charge < -0.3 is 23.4 Å². The number of fused-ring (bicyclic) bond motifs is 1. The maximum atomic E-state index is 12.6. The fourth-order valence-electron chi connectivity index (χ4n) is 3.97. The predicted molar refractivity (Wildman–Crippen MR) is 133 cm³/mol. The number of para-hydroxylation sites is 2. The average molecular weight is 501 g/mol. The zero-order valence-corrected chi connectivity index (χ0v) is 21.1. The van der Waals surface area contributed by atoms with Gasteiger partial charge in [-0.1, -0.05) is 23.7 Å². The molecule has 0 amide bonds. The zero-order valence-electron chi connectivity index (χ0n) is 20.3. The fraction of sp³-hybridized carbons (Fsp3) is 0.407. The highest BCUT2D eigenvalue weighted by atomic mass is 35.5. The summed E-state index contributed by atoms with van der Waals surface area (Å²) in [4.78, 5) is 25.3. The second kappa shape index (κ2) is 9.91. The summed E-state index contributed by atoms with van der Waals surface area (Å²) in [5, 5.41) is 0.750. The lowest BCUT2D eigenvalue weighted by Gasteiger charge is -2.40. The predicted octanol–water partition coefficient (Wildman–Crippen LogP) is 5.78. The van der Waals surface area contributed by atoms with Crippen LogP contribution in [0.25, 0.3) is 22.3 Å². The van der Waals surface area contributed by atoms with E-state index in [1.54, 1.807) is 36.4 Å². The van der Waals surface area contributed by atoms with E-state index >= 15 is 0 Å². The first kappa shape index (κ1) is 25.1. The molecule has 1 fully saturated rings. The first-order valence-electron chi connectivity index (χ1n) is 11.5. The van der Waals surface area contributed by atoms with Crippen molar-refractivity contribution in [3.8, 4) is 22.8 Å². The van der Waals surface area contributed by atoms with Gasteiger partial charge in [0.2, 0.25) is 0 Å². The lowest BCUT2D eigenvalue weighted by Crippen LogP contribution is -2.51. The molecule has 7 nitrogen and oxygen atoms in total. The van der Waals surface area contributed by atoms with Gasteiger partial charge in [0.1, 0.15) is 18.0 Å². The van der Waals surface area contributed by atoms with Crippen molar-refractivity contribution in [2.24, 2.45) is 0 Å². The molecule has 0 bridgehead atoms. The third-order valence-corrected chi connectivity index (χ3v) is 6.10. The molecule has 0 saturated heterocycles. The molecule has 3 aromatic rings. The van der Waals surface area contributed by atoms with Gasteiger partial charge in [-0.05, 0) is 64.3 Å². The summed E-state index contributed by atoms with van der Waals surface area (Å²) < 4.78 is 29.0. The van der Waals surface area contributed by atoms with Crippen molar-refractivity contribution in [1.29, 1.82) is 0 Å². The summed E-state index contributed by atoms with van der Waals surface area (Å²) in [5.41, 5.74) is -0.829. The van der Waals surface area contributed by atoms with Gasteiger partial charge in [-0.2, -0.15) is 0 Å². The third kappa shape index (κ3) is 5.31. The van der Waals surface area contributed by atoms with Crippen LogP contribution in [0.4, 0.5) is 0 Å². The molecule has 4 rings (SSSR count). The van der Waals surface area contributed by atoms with E-state index in [9.17, 15) is 9.59 Å². The summed E-state index contributed by atoms with van der Waals surface area (Å²) in [7, 11) is 1.51. The molecule has 0 spiro atoms. The number of rotatable bonds is 8. The van der Waals surface area contributed by atoms with Crippen molar-refractivity contribution in [2.75, 3.05) is 20.3 Å². The summed E-state index contributed by atoms with van der Waals surface area (Å²) in [6, 6.07) is 11.7. The van der Waals surface area contributed by atoms with Crippen molar-refractivity contribution in [2.45, 2.75) is 51.2 Å². The smallest absolute Gasteiger partial charge is 0.338 e. The average Bonchev–Trinajstić information content (AvgIpc) is 2.77. The van der Waals surface area contributed by atoms with Crippen molar-refractivity contribution in [3.63, 3.8) is 0 Å². The van der Waals surface area contributed by atoms with Crippen molar-refractivity contribution in [3.05, 3.63) is 57.7 Å². The van der Waals surface area contributed by atoms with Crippen LogP contribution in [-0.4, -0.2) is 37.5 Å². The van der Waals surface area contributed by atoms with Crippen molar-refractivity contribution < 1.29 is 28.2 Å². The molecule has 1 aromatic heterocycles. The normalized spacial score (nSPS) is 14.9. The van der Waals surface area contributed by atoms with Gasteiger partial charge in [0.15, 0.2) is 28.1 Å². The Balaban J connectivity index is 1.50. The molecular formula is C27H29ClO7. The van der Waals surface area contributed by atoms with Gasteiger partial charge in [0.05, 0.1) is 29.7 Å². The molecule has 35 heavy (non-hydrogen) atoms. The topological polar surface area (TPSA) is 84.2 Å². The number of benzene rings is 2. The lowest BCUT2D eigenvalue weighted by atomic mass is 9.80. The van der Waals surface area contributed by atoms with E-state index in [0.29, 0.717) is 51.7 Å². The number of esters is 1. The fourth-order valence-corrected chi connectivity index (χ4v) is 4.19. The van der Waals surface area contributed by atoms with E-state index in [1.165, 1.54) is 13.2 Å². The van der Waals surface area contributed by atoms with Gasteiger partial charge in [0.25, 0.3) is 0 Å². The van der Waals surface area contributed by atoms with Crippen LogP contribution in [0, 0.1) is 0 Å². The number of hydrogen-bond donors (Lipinski definition) is 0. The second-order valence-corrected chi connectivity index (χ2v) is 9.88. The number of methoxy groups -OCH3 is 1. The quantitative estimate of drug-likeness (QED) is 0.286. The van der Waals surface area contributed by atoms with Gasteiger partial charge in [-0.15, -0.1) is 0 Å². The number of carbonyl (C=O) groups excluding carboxylic acids is 1. The molecule has 1 saturated carbocycles. The third-order valence-electron chi connectivity index (χ3n) is 5.81. The molecule has 8 heteroatoms. The molecule has 1 aliphatic carbocycles. The molecule has 0 aliphatic heterocycles. The minimum absolute atomic E-state index is 0.192. The number of halogens is 1. The SMILES string of the molecule is COc1c(OCCOC2(C(=O)OC(C)(C)C)CCC2)cccc1-c1cc(=O)c2cccc(Cl)c2o1. The Hall–Kier alpha value is -3.03. The van der Waals surface area contributed by atoms with Gasteiger partial charge >= 0.3 is 5.97 Å². The first-order valence-corrected chi connectivity index (χ1v) is 11.9. The molecule has 0 atom stereocenters. The Morgan fingerprint density at radius 3 is 2.51 bits per heavy atom. The highest BCUT2D eigenvalue weighted by molar-refractivity contribution is 6.34. The van der Waals surface area contributed by atoms with Crippen LogP contribution in [0.2, 0.25) is 5.02 Å². The number of ether oxygens (including phenoxy) is 4. The standard InChI is InChI=1S/C27H29ClO7/c1-26(2,3)35-25(30)27(12-7-13-27)33-15-14-32-21-11-6-9-18(24(21)31-4)22-16-20(29)17-8-5-10-19(28)23(17)34-22/h5-6,8-11,16H,7,12-15H2,1-4H3. The summed E-state index contributed by atoms with van der Waals surface area (Å²) >= 11 is 6.25. The monoisotopic (exact) mass is 500 g/mol. The molecule has 2 aromatic carbocycles. The largest absolute Gasteiger partial charge is 0.492 e. The van der Waals surface area contributed by atoms with Crippen LogP contribution in [0.3, 0.4) is 0 Å². The van der Waals surface area contributed by atoms with Crippen molar-refractivity contribution in [1.82, 2.24) is 0 Å². The summed E-state index contributed by atoms with van der Waals surface area (Å²) in [5.74, 6) is 0.844. The Labute approximate surface area is 208 Å². The van der Waals surface area contributed by atoms with E-state index < -0.39 is 11.2 Å². The van der Waals surface area contributed by atoms with Crippen LogP contribution in [0.1, 0.15) is 40.0 Å². The summed E-state index contributed by atoms with van der Waals surface area (Å²) in [6.45, 7) is 5.91. The van der Waals surface area contributed by atoms with Crippen LogP contribution in [0.5, 0.6) is 11.5 Å². The van der Waals surface area contributed by atoms with Gasteiger partial charge in [0, 0.05) is 6.07 Å². The van der Waals surface area contributed by atoms with Crippen LogP contribution in [0.15, 0.2) is 51.7 Å².